The number of aromatic nitrogens is 2. The molecule has 21 heavy (non-hydrogen) atoms. The average molecular weight is 296 g/mol. The highest BCUT2D eigenvalue weighted by Crippen LogP contribution is 2.20. The maximum absolute atomic E-state index is 12.4. The van der Waals surface area contributed by atoms with E-state index in [-0.39, 0.29) is 0 Å². The van der Waals surface area contributed by atoms with E-state index in [0.717, 1.165) is 0 Å². The molecule has 8 heteroatoms. The summed E-state index contributed by atoms with van der Waals surface area (Å²) in [5.74, 6) is -1.12. The summed E-state index contributed by atoms with van der Waals surface area (Å²) < 4.78 is 6.85. The Morgan fingerprint density at radius 1 is 1.52 bits per heavy atom. The van der Waals surface area contributed by atoms with Gasteiger partial charge in [-0.15, -0.1) is 0 Å². The van der Waals surface area contributed by atoms with E-state index in [1.165, 1.54) is 10.9 Å². The Labute approximate surface area is 122 Å². The molecule has 1 unspecified atom stereocenters. The van der Waals surface area contributed by atoms with Gasteiger partial charge >= 0.3 is 12.0 Å². The molecule has 1 aliphatic heterocycles. The minimum atomic E-state index is -1.12. The van der Waals surface area contributed by atoms with Crippen LogP contribution < -0.4 is 5.32 Å². The maximum Gasteiger partial charge on any atom is 0.331 e. The molecule has 2 rings (SSSR count). The smallest absolute Gasteiger partial charge is 0.331 e. The second kappa shape index (κ2) is 5.72. The van der Waals surface area contributed by atoms with E-state index in [1.54, 1.807) is 18.1 Å². The molecule has 2 amide bonds. The van der Waals surface area contributed by atoms with Crippen LogP contribution in [0.4, 0.5) is 4.79 Å². The zero-order valence-electron chi connectivity index (χ0n) is 12.4. The summed E-state index contributed by atoms with van der Waals surface area (Å²) in [6.07, 6.45) is 3.01. The topological polar surface area (TPSA) is 96.7 Å². The molecule has 1 aromatic rings. The number of urea groups is 1. The van der Waals surface area contributed by atoms with Crippen molar-refractivity contribution >= 4 is 12.0 Å². The Morgan fingerprint density at radius 3 is 2.76 bits per heavy atom. The number of carboxylic acids is 1. The van der Waals surface area contributed by atoms with Gasteiger partial charge in [0.15, 0.2) is 6.04 Å². The van der Waals surface area contributed by atoms with E-state index >= 15 is 0 Å². The van der Waals surface area contributed by atoms with Crippen LogP contribution in [-0.2, 0) is 16.6 Å². The number of ether oxygens (including phenoxy) is 1. The number of hydrogen-bond acceptors (Lipinski definition) is 4. The van der Waals surface area contributed by atoms with Crippen LogP contribution in [0.1, 0.15) is 25.5 Å². The number of carbonyl (C=O) groups is 2. The largest absolute Gasteiger partial charge is 0.479 e. The molecule has 0 spiro atoms. The number of hydrogen-bond donors (Lipinski definition) is 2. The number of amides is 2. The predicted octanol–water partition coefficient (Wildman–Crippen LogP) is 0.366. The first-order chi connectivity index (χ1) is 9.81. The molecule has 0 aliphatic carbocycles. The lowest BCUT2D eigenvalue weighted by molar-refractivity contribution is -0.139. The van der Waals surface area contributed by atoms with Crippen LogP contribution in [0.5, 0.6) is 0 Å². The lowest BCUT2D eigenvalue weighted by Crippen LogP contribution is -2.59. The van der Waals surface area contributed by atoms with E-state index in [4.69, 9.17) is 4.74 Å². The molecule has 8 nitrogen and oxygen atoms in total. The van der Waals surface area contributed by atoms with Crippen LogP contribution in [-0.4, -0.2) is 57.1 Å². The van der Waals surface area contributed by atoms with Crippen LogP contribution >= 0.6 is 0 Å². The molecule has 0 radical (unpaired) electrons. The van der Waals surface area contributed by atoms with Crippen molar-refractivity contribution in [2.75, 3.05) is 19.8 Å². The van der Waals surface area contributed by atoms with Gasteiger partial charge in [0.2, 0.25) is 0 Å². The van der Waals surface area contributed by atoms with Crippen molar-refractivity contribution in [1.29, 1.82) is 0 Å². The third-order valence-corrected chi connectivity index (χ3v) is 3.46. The number of carbonyl (C=O) groups excluding carboxylic acids is 1. The van der Waals surface area contributed by atoms with E-state index < -0.39 is 23.6 Å². The summed E-state index contributed by atoms with van der Waals surface area (Å²) in [6, 6.07) is -1.54. The number of nitrogens with one attached hydrogen (secondary N) is 1. The van der Waals surface area contributed by atoms with Gasteiger partial charge in [0.25, 0.3) is 0 Å². The van der Waals surface area contributed by atoms with Crippen LogP contribution in [0, 0.1) is 0 Å². The van der Waals surface area contributed by atoms with E-state index in [0.29, 0.717) is 25.3 Å². The van der Waals surface area contributed by atoms with E-state index in [9.17, 15) is 14.7 Å². The van der Waals surface area contributed by atoms with Gasteiger partial charge < -0.3 is 20.1 Å². The third-order valence-electron chi connectivity index (χ3n) is 3.46. The van der Waals surface area contributed by atoms with Gasteiger partial charge in [-0.2, -0.15) is 5.10 Å². The van der Waals surface area contributed by atoms with Crippen LogP contribution in [0.25, 0.3) is 0 Å². The molecular weight excluding hydrogens is 276 g/mol. The minimum Gasteiger partial charge on any atom is -0.479 e. The number of rotatable bonds is 3. The van der Waals surface area contributed by atoms with Crippen molar-refractivity contribution in [2.24, 2.45) is 7.05 Å². The summed E-state index contributed by atoms with van der Waals surface area (Å²) in [5.41, 5.74) is -0.0373. The second-order valence-corrected chi connectivity index (χ2v) is 5.68. The van der Waals surface area contributed by atoms with Gasteiger partial charge in [0, 0.05) is 25.4 Å². The highest BCUT2D eigenvalue weighted by atomic mass is 16.5. The normalized spacial score (nSPS) is 19.1. The Bertz CT molecular complexity index is 540. The van der Waals surface area contributed by atoms with Crippen molar-refractivity contribution < 1.29 is 19.4 Å². The molecule has 1 aromatic heterocycles. The van der Waals surface area contributed by atoms with Gasteiger partial charge in [0.1, 0.15) is 0 Å². The number of morpholine rings is 1. The van der Waals surface area contributed by atoms with Gasteiger partial charge in [-0.1, -0.05) is 0 Å². The first-order valence-electron chi connectivity index (χ1n) is 6.68. The van der Waals surface area contributed by atoms with E-state index in [1.807, 2.05) is 13.8 Å². The van der Waals surface area contributed by atoms with Gasteiger partial charge in [-0.05, 0) is 13.8 Å². The van der Waals surface area contributed by atoms with Gasteiger partial charge in [-0.3, -0.25) is 4.68 Å². The summed E-state index contributed by atoms with van der Waals surface area (Å²) >= 11 is 0. The number of aliphatic carboxylic acids is 1. The lowest BCUT2D eigenvalue weighted by Gasteiger charge is -2.42. The Balaban J connectivity index is 2.13. The fraction of sp³-hybridized carbons (Fsp3) is 0.615. The summed E-state index contributed by atoms with van der Waals surface area (Å²) in [6.45, 7) is 5.06. The number of carboxylic acid groups (broad SMARTS) is 1. The first kappa shape index (κ1) is 15.3. The zero-order valence-corrected chi connectivity index (χ0v) is 12.4. The van der Waals surface area contributed by atoms with E-state index in [2.05, 4.69) is 10.4 Å². The molecular formula is C13H20N4O4. The van der Waals surface area contributed by atoms with Crippen molar-refractivity contribution in [2.45, 2.75) is 25.4 Å². The number of nitrogens with zero attached hydrogens (tertiary/aromatic N) is 3. The van der Waals surface area contributed by atoms with Gasteiger partial charge in [-0.25, -0.2) is 9.59 Å². The monoisotopic (exact) mass is 296 g/mol. The molecule has 116 valence electrons. The fourth-order valence-corrected chi connectivity index (χ4v) is 2.31. The summed E-state index contributed by atoms with van der Waals surface area (Å²) in [4.78, 5) is 25.4. The Kier molecular flexibility index (Phi) is 4.17. The molecule has 1 aliphatic rings. The van der Waals surface area contributed by atoms with Crippen molar-refractivity contribution in [1.82, 2.24) is 20.0 Å². The molecule has 2 N–H and O–H groups in total. The van der Waals surface area contributed by atoms with Crippen molar-refractivity contribution in [3.8, 4) is 0 Å². The van der Waals surface area contributed by atoms with Crippen molar-refractivity contribution in [3.63, 3.8) is 0 Å². The lowest BCUT2D eigenvalue weighted by atomic mass is 10.0. The molecule has 1 fully saturated rings. The highest BCUT2D eigenvalue weighted by Gasteiger charge is 2.36. The first-order valence-corrected chi connectivity index (χ1v) is 6.68. The van der Waals surface area contributed by atoms with Crippen LogP contribution in [0.2, 0.25) is 0 Å². The fourth-order valence-electron chi connectivity index (χ4n) is 2.31. The standard InChI is InChI=1S/C13H20N4O4/c1-13(2)8-21-5-4-17(13)12(20)15-10(11(18)19)9-6-14-16(3)7-9/h6-7,10H,4-5,8H2,1-3H3,(H,15,20)(H,18,19). The Hall–Kier alpha value is -2.09. The SMILES string of the molecule is Cn1cc(C(NC(=O)N2CCOCC2(C)C)C(=O)O)cn1. The molecule has 1 saturated heterocycles. The highest BCUT2D eigenvalue weighted by molar-refractivity contribution is 5.84. The second-order valence-electron chi connectivity index (χ2n) is 5.68. The molecule has 1 atom stereocenters. The molecule has 0 bridgehead atoms. The zero-order chi connectivity index (χ0) is 15.6. The Morgan fingerprint density at radius 2 is 2.24 bits per heavy atom. The summed E-state index contributed by atoms with van der Waals surface area (Å²) in [5, 5.41) is 15.8. The predicted molar refractivity (Wildman–Crippen MR) is 73.7 cm³/mol. The molecule has 0 saturated carbocycles. The van der Waals surface area contributed by atoms with Crippen LogP contribution in [0.15, 0.2) is 12.4 Å². The van der Waals surface area contributed by atoms with Crippen LogP contribution in [0.3, 0.4) is 0 Å². The third kappa shape index (κ3) is 3.33. The molecule has 2 heterocycles. The number of aryl methyl sites for hydroxylation is 1. The molecule has 0 aromatic carbocycles. The average Bonchev–Trinajstić information content (AvgIpc) is 2.81. The quantitative estimate of drug-likeness (QED) is 0.840. The maximum atomic E-state index is 12.4. The van der Waals surface area contributed by atoms with Crippen molar-refractivity contribution in [3.05, 3.63) is 18.0 Å². The summed E-state index contributed by atoms with van der Waals surface area (Å²) in [7, 11) is 1.69. The van der Waals surface area contributed by atoms with Gasteiger partial charge in [0.05, 0.1) is 24.9 Å². The minimum absolute atomic E-state index is 0.417.